The van der Waals surface area contributed by atoms with Crippen LogP contribution in [0.4, 0.5) is 5.69 Å². The van der Waals surface area contributed by atoms with Crippen molar-refractivity contribution in [2.45, 2.75) is 12.8 Å². The number of hydrogen-bond donors (Lipinski definition) is 2. The van der Waals surface area contributed by atoms with E-state index in [9.17, 15) is 4.79 Å². The minimum absolute atomic E-state index is 0.113. The fourth-order valence-electron chi connectivity index (χ4n) is 2.27. The molecule has 1 aromatic heterocycles. The number of hydrogen-bond acceptors (Lipinski definition) is 4. The van der Waals surface area contributed by atoms with Crippen molar-refractivity contribution in [1.29, 1.82) is 0 Å². The van der Waals surface area contributed by atoms with Gasteiger partial charge in [0.25, 0.3) is 0 Å². The van der Waals surface area contributed by atoms with Crippen LogP contribution in [0.15, 0.2) is 18.5 Å². The van der Waals surface area contributed by atoms with Gasteiger partial charge >= 0.3 is 0 Å². The number of amides is 1. The zero-order chi connectivity index (χ0) is 13.1. The zero-order valence-corrected chi connectivity index (χ0v) is 10.8. The molecule has 1 unspecified atom stereocenters. The van der Waals surface area contributed by atoms with E-state index in [2.05, 4.69) is 9.88 Å². The lowest BCUT2D eigenvalue weighted by atomic mass is 9.96. The van der Waals surface area contributed by atoms with Gasteiger partial charge in [-0.15, -0.1) is 0 Å². The van der Waals surface area contributed by atoms with Gasteiger partial charge in [-0.05, 0) is 18.9 Å². The van der Waals surface area contributed by atoms with Crippen molar-refractivity contribution >= 4 is 28.8 Å². The van der Waals surface area contributed by atoms with Crippen molar-refractivity contribution in [2.24, 2.45) is 17.4 Å². The number of nitrogens with two attached hydrogens (primary N) is 2. The summed E-state index contributed by atoms with van der Waals surface area (Å²) in [6.45, 7) is 1.47. The van der Waals surface area contributed by atoms with Crippen LogP contribution in [0.3, 0.4) is 0 Å². The number of carbonyl (C=O) groups is 1. The molecular weight excluding hydrogens is 248 g/mol. The Morgan fingerprint density at radius 2 is 2.28 bits per heavy atom. The molecule has 1 aliphatic rings. The van der Waals surface area contributed by atoms with E-state index in [1.807, 2.05) is 0 Å². The largest absolute Gasteiger partial charge is 0.389 e. The number of thiocarbonyl (C=S) groups is 1. The zero-order valence-electron chi connectivity index (χ0n) is 10.0. The number of anilines is 1. The molecule has 1 amide bonds. The number of primary amides is 1. The summed E-state index contributed by atoms with van der Waals surface area (Å²) < 4.78 is 0. The minimum atomic E-state index is -0.250. The maximum atomic E-state index is 11.3. The van der Waals surface area contributed by atoms with Gasteiger partial charge < -0.3 is 16.4 Å². The first-order chi connectivity index (χ1) is 8.59. The van der Waals surface area contributed by atoms with Gasteiger partial charge in [0.2, 0.25) is 5.91 Å². The fourth-order valence-corrected chi connectivity index (χ4v) is 2.45. The molecule has 6 heteroatoms. The molecule has 0 spiro atoms. The molecule has 1 saturated heterocycles. The van der Waals surface area contributed by atoms with Crippen LogP contribution in [0.2, 0.25) is 0 Å². The van der Waals surface area contributed by atoms with Gasteiger partial charge in [0.15, 0.2) is 0 Å². The predicted octanol–water partition coefficient (Wildman–Crippen LogP) is 0.417. The summed E-state index contributed by atoms with van der Waals surface area (Å²) in [6.07, 6.45) is 5.17. The van der Waals surface area contributed by atoms with E-state index in [1.54, 1.807) is 18.5 Å². The van der Waals surface area contributed by atoms with Crippen LogP contribution in [0.1, 0.15) is 18.4 Å². The Labute approximate surface area is 111 Å². The summed E-state index contributed by atoms with van der Waals surface area (Å²) in [4.78, 5) is 17.8. The van der Waals surface area contributed by atoms with E-state index in [1.165, 1.54) is 0 Å². The molecule has 5 nitrogen and oxygen atoms in total. The van der Waals surface area contributed by atoms with Gasteiger partial charge in [0.1, 0.15) is 4.99 Å². The van der Waals surface area contributed by atoms with Gasteiger partial charge in [0, 0.05) is 24.8 Å². The lowest BCUT2D eigenvalue weighted by Crippen LogP contribution is -2.41. The Morgan fingerprint density at radius 3 is 2.94 bits per heavy atom. The normalized spacial score (nSPS) is 19.6. The second-order valence-electron chi connectivity index (χ2n) is 4.44. The molecule has 0 radical (unpaired) electrons. The van der Waals surface area contributed by atoms with Crippen molar-refractivity contribution in [3.05, 3.63) is 24.0 Å². The molecule has 1 fully saturated rings. The van der Waals surface area contributed by atoms with E-state index in [0.717, 1.165) is 30.6 Å². The first-order valence-electron chi connectivity index (χ1n) is 5.87. The highest BCUT2D eigenvalue weighted by atomic mass is 32.1. The molecule has 0 aromatic carbocycles. The molecular formula is C12H16N4OS. The smallest absolute Gasteiger partial charge is 0.222 e. The van der Waals surface area contributed by atoms with Crippen molar-refractivity contribution in [3.8, 4) is 0 Å². The number of piperidine rings is 1. The minimum Gasteiger partial charge on any atom is -0.389 e. The number of rotatable bonds is 3. The standard InChI is InChI=1S/C12H16N4OS/c13-11(17)8-2-1-5-16(7-8)10-6-15-4-3-9(10)12(14)18/h3-4,6,8H,1-2,5,7H2,(H2,13,17)(H2,14,18). The maximum absolute atomic E-state index is 11.3. The van der Waals surface area contributed by atoms with Gasteiger partial charge in [-0.3, -0.25) is 9.78 Å². The molecule has 0 saturated carbocycles. The lowest BCUT2D eigenvalue weighted by Gasteiger charge is -2.33. The summed E-state index contributed by atoms with van der Waals surface area (Å²) in [5.41, 5.74) is 12.8. The highest BCUT2D eigenvalue weighted by Gasteiger charge is 2.25. The van der Waals surface area contributed by atoms with Gasteiger partial charge in [-0.1, -0.05) is 12.2 Å². The van der Waals surface area contributed by atoms with Gasteiger partial charge in [-0.25, -0.2) is 0 Å². The van der Waals surface area contributed by atoms with Crippen molar-refractivity contribution < 1.29 is 4.79 Å². The highest BCUT2D eigenvalue weighted by Crippen LogP contribution is 2.25. The summed E-state index contributed by atoms with van der Waals surface area (Å²) in [6, 6.07) is 1.80. The molecule has 0 bridgehead atoms. The Bertz CT molecular complexity index is 477. The summed E-state index contributed by atoms with van der Waals surface area (Å²) in [5, 5.41) is 0. The SMILES string of the molecule is NC(=O)C1CCCN(c2cnccc2C(N)=S)C1. The third-order valence-corrected chi connectivity index (χ3v) is 3.45. The Morgan fingerprint density at radius 1 is 1.50 bits per heavy atom. The van der Waals surface area contributed by atoms with Crippen LogP contribution < -0.4 is 16.4 Å². The molecule has 2 heterocycles. The predicted molar refractivity (Wildman–Crippen MR) is 74.3 cm³/mol. The maximum Gasteiger partial charge on any atom is 0.222 e. The van der Waals surface area contributed by atoms with Crippen molar-refractivity contribution in [2.75, 3.05) is 18.0 Å². The molecule has 1 aliphatic heterocycles. The highest BCUT2D eigenvalue weighted by molar-refractivity contribution is 7.80. The molecule has 1 atom stereocenters. The summed E-state index contributed by atoms with van der Waals surface area (Å²) >= 11 is 5.03. The van der Waals surface area contributed by atoms with E-state index < -0.39 is 0 Å². The van der Waals surface area contributed by atoms with Gasteiger partial charge in [-0.2, -0.15) is 0 Å². The van der Waals surface area contributed by atoms with E-state index in [0.29, 0.717) is 11.5 Å². The quantitative estimate of drug-likeness (QED) is 0.773. The van der Waals surface area contributed by atoms with Crippen molar-refractivity contribution in [3.63, 3.8) is 0 Å². The van der Waals surface area contributed by atoms with Gasteiger partial charge in [0.05, 0.1) is 17.8 Å². The van der Waals surface area contributed by atoms with Crippen LogP contribution >= 0.6 is 12.2 Å². The van der Waals surface area contributed by atoms with Crippen LogP contribution in [0, 0.1) is 5.92 Å². The fraction of sp³-hybridized carbons (Fsp3) is 0.417. The number of nitrogens with zero attached hydrogens (tertiary/aromatic N) is 2. The Balaban J connectivity index is 2.26. The average molecular weight is 264 g/mol. The molecule has 0 aliphatic carbocycles. The summed E-state index contributed by atoms with van der Waals surface area (Å²) in [5.74, 6) is -0.362. The molecule has 96 valence electrons. The number of pyridine rings is 1. The van der Waals surface area contributed by atoms with Crippen LogP contribution in [0.5, 0.6) is 0 Å². The second-order valence-corrected chi connectivity index (χ2v) is 4.88. The van der Waals surface area contributed by atoms with E-state index >= 15 is 0 Å². The van der Waals surface area contributed by atoms with Crippen LogP contribution in [-0.2, 0) is 4.79 Å². The number of aromatic nitrogens is 1. The van der Waals surface area contributed by atoms with Crippen molar-refractivity contribution in [1.82, 2.24) is 4.98 Å². The van der Waals surface area contributed by atoms with E-state index in [-0.39, 0.29) is 11.8 Å². The monoisotopic (exact) mass is 264 g/mol. The lowest BCUT2D eigenvalue weighted by molar-refractivity contribution is -0.122. The first kappa shape index (κ1) is 12.8. The Hall–Kier alpha value is -1.69. The first-order valence-corrected chi connectivity index (χ1v) is 6.28. The molecule has 18 heavy (non-hydrogen) atoms. The molecule has 2 rings (SSSR count). The second kappa shape index (κ2) is 5.30. The van der Waals surface area contributed by atoms with Crippen LogP contribution in [-0.4, -0.2) is 29.0 Å². The summed E-state index contributed by atoms with van der Waals surface area (Å²) in [7, 11) is 0. The van der Waals surface area contributed by atoms with E-state index in [4.69, 9.17) is 23.7 Å². The Kier molecular flexibility index (Phi) is 3.76. The molecule has 1 aromatic rings. The third kappa shape index (κ3) is 2.59. The third-order valence-electron chi connectivity index (χ3n) is 3.23. The molecule has 4 N–H and O–H groups in total. The number of carbonyl (C=O) groups excluding carboxylic acids is 1. The topological polar surface area (TPSA) is 85.2 Å². The van der Waals surface area contributed by atoms with Crippen LogP contribution in [0.25, 0.3) is 0 Å². The average Bonchev–Trinajstić information content (AvgIpc) is 2.39.